The van der Waals surface area contributed by atoms with Crippen molar-refractivity contribution in [2.75, 3.05) is 37.6 Å². The summed E-state index contributed by atoms with van der Waals surface area (Å²) in [5.74, 6) is 0.395. The second-order valence-electron chi connectivity index (χ2n) is 6.46. The molecule has 8 nitrogen and oxygen atoms in total. The molecular formula is C19H20N6O2S. The quantitative estimate of drug-likeness (QED) is 0.369. The molecule has 0 radical (unpaired) electrons. The average molecular weight is 396 g/mol. The zero-order valence-electron chi connectivity index (χ0n) is 15.5. The van der Waals surface area contributed by atoms with Gasteiger partial charge in [0.1, 0.15) is 6.33 Å². The third-order valence-corrected chi connectivity index (χ3v) is 5.91. The molecule has 3 aromatic rings. The van der Waals surface area contributed by atoms with Gasteiger partial charge in [0.15, 0.2) is 5.03 Å². The summed E-state index contributed by atoms with van der Waals surface area (Å²) >= 11 is 1.26. The Kier molecular flexibility index (Phi) is 5.36. The fourth-order valence-corrected chi connectivity index (χ4v) is 4.34. The molecule has 4 rings (SSSR count). The van der Waals surface area contributed by atoms with Crippen molar-refractivity contribution in [2.24, 2.45) is 0 Å². The maximum atomic E-state index is 11.9. The standard InChI is InChI=1S/C19H20N6O2S/c1-2-23-9-11-24(12-10-23)18-17(25(26)27)19(22-13-21-18)28-15-7-3-5-14-6-4-8-20-16(14)15/h3-8,13H,2,9-12H2,1H3. The maximum absolute atomic E-state index is 11.9. The molecule has 0 unspecified atom stereocenters. The Balaban J connectivity index is 1.71. The van der Waals surface area contributed by atoms with E-state index >= 15 is 0 Å². The Labute approximate surface area is 166 Å². The number of piperazine rings is 1. The molecule has 9 heteroatoms. The fraction of sp³-hybridized carbons (Fsp3) is 0.316. The van der Waals surface area contributed by atoms with E-state index in [0.717, 1.165) is 35.4 Å². The number of anilines is 1. The number of hydrogen-bond donors (Lipinski definition) is 0. The zero-order chi connectivity index (χ0) is 19.5. The predicted octanol–water partition coefficient (Wildman–Crippen LogP) is 3.23. The van der Waals surface area contributed by atoms with E-state index in [4.69, 9.17) is 0 Å². The molecule has 0 aliphatic carbocycles. The second kappa shape index (κ2) is 8.07. The minimum Gasteiger partial charge on any atom is -0.348 e. The molecule has 1 aliphatic rings. The molecular weight excluding hydrogens is 376 g/mol. The lowest BCUT2D eigenvalue weighted by molar-refractivity contribution is -0.387. The largest absolute Gasteiger partial charge is 0.348 e. The Hall–Kier alpha value is -2.78. The third kappa shape index (κ3) is 3.63. The van der Waals surface area contributed by atoms with E-state index in [2.05, 4.69) is 26.8 Å². The van der Waals surface area contributed by atoms with Crippen molar-refractivity contribution in [3.63, 3.8) is 0 Å². The highest BCUT2D eigenvalue weighted by molar-refractivity contribution is 7.99. The molecule has 0 atom stereocenters. The van der Waals surface area contributed by atoms with Crippen LogP contribution in [-0.4, -0.2) is 57.5 Å². The average Bonchev–Trinajstić information content (AvgIpc) is 2.74. The molecule has 0 N–H and O–H groups in total. The number of para-hydroxylation sites is 1. The van der Waals surface area contributed by atoms with Crippen molar-refractivity contribution in [3.05, 3.63) is 53.0 Å². The Morgan fingerprint density at radius 2 is 1.89 bits per heavy atom. The minimum absolute atomic E-state index is 0.0367. The molecule has 0 saturated carbocycles. The smallest absolute Gasteiger partial charge is 0.343 e. The number of nitro groups is 1. The van der Waals surface area contributed by atoms with Crippen molar-refractivity contribution in [3.8, 4) is 0 Å². The molecule has 144 valence electrons. The Bertz CT molecular complexity index is 1000. The van der Waals surface area contributed by atoms with Crippen molar-refractivity contribution in [1.82, 2.24) is 19.9 Å². The number of hydrogen-bond acceptors (Lipinski definition) is 8. The van der Waals surface area contributed by atoms with Crippen LogP contribution in [0, 0.1) is 10.1 Å². The molecule has 1 aliphatic heterocycles. The minimum atomic E-state index is -0.373. The Morgan fingerprint density at radius 3 is 2.64 bits per heavy atom. The van der Waals surface area contributed by atoms with Crippen molar-refractivity contribution < 1.29 is 4.92 Å². The van der Waals surface area contributed by atoms with Gasteiger partial charge in [-0.15, -0.1) is 0 Å². The van der Waals surface area contributed by atoms with Crippen LogP contribution in [0.4, 0.5) is 11.5 Å². The van der Waals surface area contributed by atoms with Crippen molar-refractivity contribution in [2.45, 2.75) is 16.8 Å². The van der Waals surface area contributed by atoms with Crippen LogP contribution in [0.1, 0.15) is 6.92 Å². The second-order valence-corrected chi connectivity index (χ2v) is 7.49. The normalized spacial score (nSPS) is 15.1. The lowest BCUT2D eigenvalue weighted by Gasteiger charge is -2.34. The molecule has 0 bridgehead atoms. The summed E-state index contributed by atoms with van der Waals surface area (Å²) in [4.78, 5) is 29.6. The van der Waals surface area contributed by atoms with E-state index in [1.165, 1.54) is 18.1 Å². The van der Waals surface area contributed by atoms with Gasteiger partial charge in [-0.1, -0.05) is 36.9 Å². The first-order chi connectivity index (χ1) is 13.7. The fourth-order valence-electron chi connectivity index (χ4n) is 3.36. The van der Waals surface area contributed by atoms with E-state index in [1.807, 2.05) is 35.2 Å². The van der Waals surface area contributed by atoms with Crippen LogP contribution >= 0.6 is 11.8 Å². The van der Waals surface area contributed by atoms with E-state index in [9.17, 15) is 10.1 Å². The molecule has 0 spiro atoms. The van der Waals surface area contributed by atoms with Crippen LogP contribution in [0.15, 0.2) is 52.8 Å². The van der Waals surface area contributed by atoms with Crippen molar-refractivity contribution >= 4 is 34.2 Å². The van der Waals surface area contributed by atoms with E-state index in [-0.39, 0.29) is 10.6 Å². The molecule has 0 amide bonds. The van der Waals surface area contributed by atoms with Gasteiger partial charge in [0, 0.05) is 42.7 Å². The lowest BCUT2D eigenvalue weighted by Crippen LogP contribution is -2.46. The van der Waals surface area contributed by atoms with E-state index in [0.29, 0.717) is 23.9 Å². The van der Waals surface area contributed by atoms with Gasteiger partial charge in [0.05, 0.1) is 10.4 Å². The number of likely N-dealkylation sites (N-methyl/N-ethyl adjacent to an activating group) is 1. The van der Waals surface area contributed by atoms with Crippen molar-refractivity contribution in [1.29, 1.82) is 0 Å². The summed E-state index contributed by atoms with van der Waals surface area (Å²) in [5, 5.41) is 13.2. The van der Waals surface area contributed by atoms with Crippen LogP contribution in [-0.2, 0) is 0 Å². The van der Waals surface area contributed by atoms with Gasteiger partial charge in [0.2, 0.25) is 5.82 Å². The van der Waals surface area contributed by atoms with Gasteiger partial charge in [0.25, 0.3) is 0 Å². The summed E-state index contributed by atoms with van der Waals surface area (Å²) in [6.07, 6.45) is 3.13. The van der Waals surface area contributed by atoms with Crippen LogP contribution in [0.2, 0.25) is 0 Å². The SMILES string of the molecule is CCN1CCN(c2ncnc(Sc3cccc4cccnc34)c2[N+](=O)[O-])CC1. The summed E-state index contributed by atoms with van der Waals surface area (Å²) in [5.41, 5.74) is 0.770. The third-order valence-electron chi connectivity index (χ3n) is 4.87. The highest BCUT2D eigenvalue weighted by Gasteiger charge is 2.29. The number of nitrogens with zero attached hydrogens (tertiary/aromatic N) is 6. The Morgan fingerprint density at radius 1 is 1.11 bits per heavy atom. The van der Waals surface area contributed by atoms with Crippen LogP contribution < -0.4 is 4.90 Å². The first-order valence-corrected chi connectivity index (χ1v) is 9.97. The first-order valence-electron chi connectivity index (χ1n) is 9.15. The topological polar surface area (TPSA) is 88.3 Å². The molecule has 28 heavy (non-hydrogen) atoms. The molecule has 1 saturated heterocycles. The van der Waals surface area contributed by atoms with Gasteiger partial charge < -0.3 is 9.80 Å². The summed E-state index contributed by atoms with van der Waals surface area (Å²) in [6, 6.07) is 9.65. The molecule has 2 aromatic heterocycles. The summed E-state index contributed by atoms with van der Waals surface area (Å²) in [6.45, 7) is 6.27. The van der Waals surface area contributed by atoms with Gasteiger partial charge in [-0.25, -0.2) is 9.97 Å². The highest BCUT2D eigenvalue weighted by Crippen LogP contribution is 2.40. The van der Waals surface area contributed by atoms with Gasteiger partial charge >= 0.3 is 5.69 Å². The highest BCUT2D eigenvalue weighted by atomic mass is 32.2. The number of aromatic nitrogens is 3. The first kappa shape index (κ1) is 18.6. The van der Waals surface area contributed by atoms with E-state index in [1.54, 1.807) is 6.20 Å². The number of rotatable bonds is 5. The molecule has 3 heterocycles. The number of fused-ring (bicyclic) bond motifs is 1. The lowest BCUT2D eigenvalue weighted by atomic mass is 10.2. The number of pyridine rings is 1. The van der Waals surface area contributed by atoms with E-state index < -0.39 is 0 Å². The summed E-state index contributed by atoms with van der Waals surface area (Å²) < 4.78 is 0. The number of benzene rings is 1. The van der Waals surface area contributed by atoms with Crippen LogP contribution in [0.3, 0.4) is 0 Å². The van der Waals surface area contributed by atoms with Gasteiger partial charge in [-0.05, 0) is 18.7 Å². The van der Waals surface area contributed by atoms with Crippen LogP contribution in [0.5, 0.6) is 0 Å². The molecule has 1 fully saturated rings. The zero-order valence-corrected chi connectivity index (χ0v) is 16.3. The monoisotopic (exact) mass is 396 g/mol. The predicted molar refractivity (Wildman–Crippen MR) is 109 cm³/mol. The summed E-state index contributed by atoms with van der Waals surface area (Å²) in [7, 11) is 0. The van der Waals surface area contributed by atoms with Gasteiger partial charge in [-0.2, -0.15) is 0 Å². The molecule has 1 aromatic carbocycles. The maximum Gasteiger partial charge on any atom is 0.343 e. The van der Waals surface area contributed by atoms with Gasteiger partial charge in [-0.3, -0.25) is 15.1 Å². The van der Waals surface area contributed by atoms with Crippen LogP contribution in [0.25, 0.3) is 10.9 Å².